The van der Waals surface area contributed by atoms with Crippen molar-refractivity contribution in [1.82, 2.24) is 15.0 Å². The lowest BCUT2D eigenvalue weighted by molar-refractivity contribution is -0.118. The zero-order chi connectivity index (χ0) is 24.1. The molecule has 34 heavy (non-hydrogen) atoms. The number of phenols is 1. The number of fused-ring (bicyclic) bond motifs is 1. The van der Waals surface area contributed by atoms with Gasteiger partial charge in [-0.2, -0.15) is 5.10 Å². The molecule has 8 nitrogen and oxygen atoms in total. The molecule has 0 aliphatic heterocycles. The number of hydrazone groups is 1. The van der Waals surface area contributed by atoms with Crippen LogP contribution in [0.3, 0.4) is 0 Å². The summed E-state index contributed by atoms with van der Waals surface area (Å²) in [7, 11) is 1.44. The number of phenolic OH excluding ortho intramolecular Hbond substituents is 1. The quantitative estimate of drug-likeness (QED) is 0.174. The number of nitrogens with zero attached hydrogens (tertiary/aromatic N) is 3. The van der Waals surface area contributed by atoms with E-state index in [1.165, 1.54) is 24.0 Å². The summed E-state index contributed by atoms with van der Waals surface area (Å²) in [6, 6.07) is 18.6. The Bertz CT molecular complexity index is 1440. The Morgan fingerprint density at radius 1 is 1.21 bits per heavy atom. The molecule has 0 atom stereocenters. The number of aromatic nitrogens is 2. The van der Waals surface area contributed by atoms with E-state index in [-0.39, 0.29) is 23.0 Å². The second-order valence-electron chi connectivity index (χ2n) is 7.04. The van der Waals surface area contributed by atoms with Crippen molar-refractivity contribution in [3.63, 3.8) is 0 Å². The summed E-state index contributed by atoms with van der Waals surface area (Å²) in [4.78, 5) is 30.2. The molecule has 1 aromatic heterocycles. The van der Waals surface area contributed by atoms with Crippen molar-refractivity contribution < 1.29 is 14.6 Å². The molecule has 0 bridgehead atoms. The molecule has 0 radical (unpaired) electrons. The van der Waals surface area contributed by atoms with Gasteiger partial charge in [0, 0.05) is 5.02 Å². The molecule has 1 amide bonds. The van der Waals surface area contributed by atoms with Crippen molar-refractivity contribution in [2.45, 2.75) is 5.16 Å². The summed E-state index contributed by atoms with van der Waals surface area (Å²) in [5, 5.41) is 15.0. The predicted octanol–water partition coefficient (Wildman–Crippen LogP) is 4.00. The van der Waals surface area contributed by atoms with E-state index in [9.17, 15) is 14.7 Å². The van der Waals surface area contributed by atoms with Crippen molar-refractivity contribution in [2.24, 2.45) is 5.10 Å². The number of nitrogens with one attached hydrogen (secondary N) is 1. The molecule has 0 unspecified atom stereocenters. The fourth-order valence-electron chi connectivity index (χ4n) is 3.14. The van der Waals surface area contributed by atoms with Crippen LogP contribution in [-0.4, -0.2) is 39.6 Å². The van der Waals surface area contributed by atoms with Gasteiger partial charge < -0.3 is 9.84 Å². The molecule has 0 fully saturated rings. The first kappa shape index (κ1) is 23.3. The maximum atomic E-state index is 13.2. The normalized spacial score (nSPS) is 11.1. The number of thioether (sulfide) groups is 1. The lowest BCUT2D eigenvalue weighted by Gasteiger charge is -2.13. The molecule has 4 rings (SSSR count). The minimum Gasteiger partial charge on any atom is -0.504 e. The molecular formula is C24H19ClN4O4S. The van der Waals surface area contributed by atoms with Gasteiger partial charge >= 0.3 is 0 Å². The van der Waals surface area contributed by atoms with Gasteiger partial charge in [-0.3, -0.25) is 14.2 Å². The molecule has 0 aliphatic rings. The van der Waals surface area contributed by atoms with E-state index in [0.717, 1.165) is 11.8 Å². The second-order valence-corrected chi connectivity index (χ2v) is 8.42. The van der Waals surface area contributed by atoms with Crippen LogP contribution < -0.4 is 15.7 Å². The van der Waals surface area contributed by atoms with Crippen molar-refractivity contribution in [3.8, 4) is 17.2 Å². The van der Waals surface area contributed by atoms with Gasteiger partial charge in [0.1, 0.15) is 0 Å². The van der Waals surface area contributed by atoms with Crippen LogP contribution in [0.15, 0.2) is 81.8 Å². The van der Waals surface area contributed by atoms with Gasteiger partial charge in [0.15, 0.2) is 16.7 Å². The number of methoxy groups -OCH3 is 1. The molecule has 3 aromatic carbocycles. The standard InChI is InChI=1S/C24H19ClN4O4S/c1-33-21-12-15(6-11-20(21)30)13-26-28-22(31)14-34-24-27-19-5-3-2-4-18(19)23(32)29(24)17-9-7-16(25)8-10-17/h2-13,30H,14H2,1H3,(H,28,31)/b26-13+. The molecule has 172 valence electrons. The smallest absolute Gasteiger partial charge is 0.266 e. The summed E-state index contributed by atoms with van der Waals surface area (Å²) < 4.78 is 6.51. The molecule has 0 spiro atoms. The molecule has 1 heterocycles. The van der Waals surface area contributed by atoms with Crippen molar-refractivity contribution in [2.75, 3.05) is 12.9 Å². The van der Waals surface area contributed by atoms with Crippen LogP contribution >= 0.6 is 23.4 Å². The van der Waals surface area contributed by atoms with Crippen LogP contribution in [0.25, 0.3) is 16.6 Å². The van der Waals surface area contributed by atoms with E-state index in [1.54, 1.807) is 60.7 Å². The number of hydrogen-bond acceptors (Lipinski definition) is 7. The Balaban J connectivity index is 1.53. The van der Waals surface area contributed by atoms with E-state index in [0.29, 0.717) is 38.1 Å². The lowest BCUT2D eigenvalue weighted by Crippen LogP contribution is -2.24. The van der Waals surface area contributed by atoms with E-state index in [2.05, 4.69) is 15.5 Å². The average molecular weight is 495 g/mol. The molecule has 2 N–H and O–H groups in total. The SMILES string of the molecule is COc1cc(/C=N/NC(=O)CSc2nc3ccccc3c(=O)n2-c2ccc(Cl)cc2)ccc1O. The van der Waals surface area contributed by atoms with Gasteiger partial charge in [0.25, 0.3) is 11.5 Å². The van der Waals surface area contributed by atoms with Crippen LogP contribution in [0.1, 0.15) is 5.56 Å². The number of halogens is 1. The van der Waals surface area contributed by atoms with Gasteiger partial charge in [0.05, 0.1) is 35.7 Å². The Morgan fingerprint density at radius 3 is 2.74 bits per heavy atom. The summed E-state index contributed by atoms with van der Waals surface area (Å²) in [6.07, 6.45) is 1.43. The fraction of sp³-hybridized carbons (Fsp3) is 0.0833. The van der Waals surface area contributed by atoms with Gasteiger partial charge in [0.2, 0.25) is 0 Å². The average Bonchev–Trinajstić information content (AvgIpc) is 2.84. The largest absolute Gasteiger partial charge is 0.504 e. The van der Waals surface area contributed by atoms with Gasteiger partial charge in [-0.1, -0.05) is 35.5 Å². The van der Waals surface area contributed by atoms with Gasteiger partial charge in [-0.05, 0) is 60.2 Å². The highest BCUT2D eigenvalue weighted by molar-refractivity contribution is 7.99. The molecule has 4 aromatic rings. The molecule has 0 aliphatic carbocycles. The van der Waals surface area contributed by atoms with E-state index in [1.807, 2.05) is 0 Å². The van der Waals surface area contributed by atoms with Crippen LogP contribution in [-0.2, 0) is 4.79 Å². The fourth-order valence-corrected chi connectivity index (χ4v) is 4.07. The zero-order valence-corrected chi connectivity index (χ0v) is 19.5. The summed E-state index contributed by atoms with van der Waals surface area (Å²) in [5.41, 5.74) is 3.97. The summed E-state index contributed by atoms with van der Waals surface area (Å²) >= 11 is 7.12. The van der Waals surface area contributed by atoms with Crippen molar-refractivity contribution in [1.29, 1.82) is 0 Å². The molecule has 0 saturated carbocycles. The maximum Gasteiger partial charge on any atom is 0.266 e. The Morgan fingerprint density at radius 2 is 1.97 bits per heavy atom. The number of ether oxygens (including phenoxy) is 1. The first-order valence-electron chi connectivity index (χ1n) is 10.1. The van der Waals surface area contributed by atoms with Gasteiger partial charge in [-0.25, -0.2) is 10.4 Å². The zero-order valence-electron chi connectivity index (χ0n) is 17.9. The topological polar surface area (TPSA) is 106 Å². The number of aromatic hydroxyl groups is 1. The first-order chi connectivity index (χ1) is 16.5. The number of rotatable bonds is 7. The van der Waals surface area contributed by atoms with E-state index in [4.69, 9.17) is 16.3 Å². The van der Waals surface area contributed by atoms with E-state index >= 15 is 0 Å². The second kappa shape index (κ2) is 10.4. The Hall–Kier alpha value is -3.82. The highest BCUT2D eigenvalue weighted by Gasteiger charge is 2.14. The summed E-state index contributed by atoms with van der Waals surface area (Å²) in [6.45, 7) is 0. The maximum absolute atomic E-state index is 13.2. The minimum atomic E-state index is -0.378. The van der Waals surface area contributed by atoms with E-state index < -0.39 is 0 Å². The number of benzene rings is 3. The predicted molar refractivity (Wildman–Crippen MR) is 133 cm³/mol. The molecule has 0 saturated heterocycles. The highest BCUT2D eigenvalue weighted by atomic mass is 35.5. The summed E-state index contributed by atoms with van der Waals surface area (Å²) in [5.74, 6) is -0.0885. The first-order valence-corrected chi connectivity index (χ1v) is 11.4. The number of hydrogen-bond donors (Lipinski definition) is 2. The Labute approximate surface area is 203 Å². The van der Waals surface area contributed by atoms with Gasteiger partial charge in [-0.15, -0.1) is 0 Å². The third-order valence-corrected chi connectivity index (χ3v) is 5.96. The van der Waals surface area contributed by atoms with Crippen molar-refractivity contribution in [3.05, 3.63) is 87.7 Å². The number of amides is 1. The number of carbonyl (C=O) groups excluding carboxylic acids is 1. The van der Waals surface area contributed by atoms with Crippen LogP contribution in [0.5, 0.6) is 11.5 Å². The number of carbonyl (C=O) groups is 1. The monoisotopic (exact) mass is 494 g/mol. The third kappa shape index (κ3) is 5.22. The van der Waals surface area contributed by atoms with Crippen LogP contribution in [0.2, 0.25) is 5.02 Å². The number of para-hydroxylation sites is 1. The Kier molecular flexibility index (Phi) is 7.15. The molecule has 10 heteroatoms. The molecular weight excluding hydrogens is 476 g/mol. The lowest BCUT2D eigenvalue weighted by atomic mass is 10.2. The minimum absolute atomic E-state index is 0.00899. The van der Waals surface area contributed by atoms with Crippen molar-refractivity contribution >= 4 is 46.4 Å². The third-order valence-electron chi connectivity index (χ3n) is 4.77. The van der Waals surface area contributed by atoms with Crippen LogP contribution in [0.4, 0.5) is 0 Å². The highest BCUT2D eigenvalue weighted by Crippen LogP contribution is 2.25. The van der Waals surface area contributed by atoms with Crippen LogP contribution in [0, 0.1) is 0 Å².